The lowest BCUT2D eigenvalue weighted by atomic mass is 10.0. The molecule has 0 aliphatic carbocycles. The molecule has 0 unspecified atom stereocenters. The largest absolute Gasteiger partial charge is 0.507 e. The molecule has 0 fully saturated rings. The third-order valence-corrected chi connectivity index (χ3v) is 6.18. The molecule has 0 amide bonds. The van der Waals surface area contributed by atoms with Crippen LogP contribution in [0.5, 0.6) is 11.5 Å². The summed E-state index contributed by atoms with van der Waals surface area (Å²) in [6, 6.07) is 5.31. The van der Waals surface area contributed by atoms with Crippen LogP contribution in [-0.2, 0) is 0 Å². The summed E-state index contributed by atoms with van der Waals surface area (Å²) in [6.07, 6.45) is 22.1. The first-order valence-electron chi connectivity index (χ1n) is 13.4. The van der Waals surface area contributed by atoms with Gasteiger partial charge in [0.15, 0.2) is 0 Å². The monoisotopic (exact) mass is 447 g/mol. The van der Waals surface area contributed by atoms with Crippen LogP contribution in [0.15, 0.2) is 23.4 Å². The Morgan fingerprint density at radius 2 is 1.22 bits per heavy atom. The predicted molar refractivity (Wildman–Crippen MR) is 136 cm³/mol. The maximum atomic E-state index is 10.4. The number of phenols is 1. The third-order valence-electron chi connectivity index (χ3n) is 6.18. The number of nitrogens with zero attached hydrogens (tertiary/aromatic N) is 1. The van der Waals surface area contributed by atoms with E-state index in [4.69, 9.17) is 4.74 Å². The van der Waals surface area contributed by atoms with Crippen molar-refractivity contribution in [2.75, 3.05) is 6.61 Å². The molecular weight excluding hydrogens is 398 g/mol. The summed E-state index contributed by atoms with van der Waals surface area (Å²) < 4.78 is 5.80. The Labute approximate surface area is 197 Å². The summed E-state index contributed by atoms with van der Waals surface area (Å²) in [4.78, 5) is 0. The minimum atomic E-state index is 0.127. The molecule has 1 aromatic rings. The number of phenolic OH excluding ortho intramolecular Hbond substituents is 1. The molecule has 0 spiro atoms. The van der Waals surface area contributed by atoms with Crippen molar-refractivity contribution >= 4 is 5.71 Å². The molecule has 0 heterocycles. The predicted octanol–water partition coefficient (Wildman–Crippen LogP) is 9.01. The number of hydrogen-bond acceptors (Lipinski definition) is 4. The van der Waals surface area contributed by atoms with Crippen LogP contribution in [0.4, 0.5) is 0 Å². The number of oxime groups is 1. The average Bonchev–Trinajstić information content (AvgIpc) is 2.80. The van der Waals surface area contributed by atoms with Crippen LogP contribution in [0.3, 0.4) is 0 Å². The molecule has 0 aliphatic rings. The van der Waals surface area contributed by atoms with Gasteiger partial charge in [-0.15, -0.1) is 0 Å². The number of aromatic hydroxyl groups is 1. The van der Waals surface area contributed by atoms with Gasteiger partial charge < -0.3 is 15.1 Å². The van der Waals surface area contributed by atoms with Crippen molar-refractivity contribution in [3.8, 4) is 11.5 Å². The standard InChI is InChI=1S/C28H49NO3/c1-3-5-7-9-11-13-14-16-18-20-27(29-31)26-22-21-25(24-28(26)30)32-23-19-17-15-12-10-8-6-4-2/h21-22,24,30-31H,3-20,23H2,1-2H3/b29-27-. The fourth-order valence-corrected chi connectivity index (χ4v) is 4.11. The number of ether oxygens (including phenoxy) is 1. The second kappa shape index (κ2) is 19.9. The van der Waals surface area contributed by atoms with E-state index in [9.17, 15) is 10.3 Å². The number of benzene rings is 1. The minimum absolute atomic E-state index is 0.127. The van der Waals surface area contributed by atoms with E-state index in [0.29, 0.717) is 30.1 Å². The molecule has 4 heteroatoms. The fraction of sp³-hybridized carbons (Fsp3) is 0.750. The van der Waals surface area contributed by atoms with Gasteiger partial charge in [-0.1, -0.05) is 115 Å². The molecule has 0 saturated heterocycles. The molecule has 0 aliphatic heterocycles. The van der Waals surface area contributed by atoms with E-state index in [1.54, 1.807) is 12.1 Å². The number of hydrogen-bond donors (Lipinski definition) is 2. The lowest BCUT2D eigenvalue weighted by Gasteiger charge is -2.11. The number of rotatable bonds is 21. The van der Waals surface area contributed by atoms with Gasteiger partial charge in [0.2, 0.25) is 0 Å². The van der Waals surface area contributed by atoms with Gasteiger partial charge in [0.25, 0.3) is 0 Å². The highest BCUT2D eigenvalue weighted by molar-refractivity contribution is 6.02. The summed E-state index contributed by atoms with van der Waals surface area (Å²) in [7, 11) is 0. The van der Waals surface area contributed by atoms with Crippen LogP contribution < -0.4 is 4.74 Å². The summed E-state index contributed by atoms with van der Waals surface area (Å²) in [5.41, 5.74) is 1.16. The molecule has 184 valence electrons. The van der Waals surface area contributed by atoms with Crippen LogP contribution in [0.25, 0.3) is 0 Å². The Balaban J connectivity index is 2.22. The van der Waals surface area contributed by atoms with E-state index in [1.807, 2.05) is 6.07 Å². The quantitative estimate of drug-likeness (QED) is 0.0855. The Bertz CT molecular complexity index is 600. The highest BCUT2D eigenvalue weighted by atomic mass is 16.5. The lowest BCUT2D eigenvalue weighted by Crippen LogP contribution is -2.03. The average molecular weight is 448 g/mol. The first-order chi connectivity index (χ1) is 15.7. The molecule has 2 N–H and O–H groups in total. The second-order valence-corrected chi connectivity index (χ2v) is 9.13. The third kappa shape index (κ3) is 13.6. The molecule has 0 saturated carbocycles. The van der Waals surface area contributed by atoms with Crippen LogP contribution in [0, 0.1) is 0 Å². The lowest BCUT2D eigenvalue weighted by molar-refractivity contribution is 0.302. The molecule has 1 rings (SSSR count). The van der Waals surface area contributed by atoms with E-state index in [2.05, 4.69) is 19.0 Å². The van der Waals surface area contributed by atoms with Crippen LogP contribution in [0.2, 0.25) is 0 Å². The molecule has 1 aromatic carbocycles. The maximum absolute atomic E-state index is 10.4. The number of unbranched alkanes of at least 4 members (excludes halogenated alkanes) is 15. The first kappa shape index (κ1) is 28.3. The topological polar surface area (TPSA) is 62.1 Å². The molecular formula is C28H49NO3. The Morgan fingerprint density at radius 3 is 1.72 bits per heavy atom. The van der Waals surface area contributed by atoms with Gasteiger partial charge in [-0.25, -0.2) is 0 Å². The molecule has 0 bridgehead atoms. The highest BCUT2D eigenvalue weighted by Gasteiger charge is 2.11. The summed E-state index contributed by atoms with van der Waals surface area (Å²) in [5.74, 6) is 0.803. The summed E-state index contributed by atoms with van der Waals surface area (Å²) >= 11 is 0. The van der Waals surface area contributed by atoms with E-state index in [-0.39, 0.29) is 5.75 Å². The van der Waals surface area contributed by atoms with Crippen LogP contribution in [0.1, 0.15) is 135 Å². The smallest absolute Gasteiger partial charge is 0.128 e. The van der Waals surface area contributed by atoms with Crippen LogP contribution >= 0.6 is 0 Å². The van der Waals surface area contributed by atoms with Crippen molar-refractivity contribution in [1.82, 2.24) is 0 Å². The van der Waals surface area contributed by atoms with Gasteiger partial charge >= 0.3 is 0 Å². The van der Waals surface area contributed by atoms with E-state index >= 15 is 0 Å². The zero-order chi connectivity index (χ0) is 23.3. The fourth-order valence-electron chi connectivity index (χ4n) is 4.11. The normalized spacial score (nSPS) is 11.8. The Hall–Kier alpha value is -1.71. The van der Waals surface area contributed by atoms with Crippen molar-refractivity contribution in [2.45, 2.75) is 129 Å². The van der Waals surface area contributed by atoms with Crippen molar-refractivity contribution in [3.05, 3.63) is 23.8 Å². The Morgan fingerprint density at radius 1 is 0.719 bits per heavy atom. The summed E-state index contributed by atoms with van der Waals surface area (Å²) in [6.45, 7) is 5.17. The molecule has 32 heavy (non-hydrogen) atoms. The molecule has 0 aromatic heterocycles. The molecule has 4 nitrogen and oxygen atoms in total. The molecule has 0 atom stereocenters. The molecule has 0 radical (unpaired) electrons. The van der Waals surface area contributed by atoms with E-state index in [1.165, 1.54) is 89.9 Å². The Kier molecular flexibility index (Phi) is 17.6. The van der Waals surface area contributed by atoms with E-state index in [0.717, 1.165) is 19.3 Å². The van der Waals surface area contributed by atoms with Gasteiger partial charge in [-0.3, -0.25) is 0 Å². The van der Waals surface area contributed by atoms with Crippen LogP contribution in [-0.4, -0.2) is 22.6 Å². The van der Waals surface area contributed by atoms with Crippen molar-refractivity contribution in [1.29, 1.82) is 0 Å². The maximum Gasteiger partial charge on any atom is 0.128 e. The highest BCUT2D eigenvalue weighted by Crippen LogP contribution is 2.26. The van der Waals surface area contributed by atoms with E-state index < -0.39 is 0 Å². The van der Waals surface area contributed by atoms with Gasteiger partial charge in [0, 0.05) is 11.6 Å². The first-order valence-corrected chi connectivity index (χ1v) is 13.4. The van der Waals surface area contributed by atoms with Gasteiger partial charge in [-0.05, 0) is 31.4 Å². The van der Waals surface area contributed by atoms with Crippen molar-refractivity contribution in [3.63, 3.8) is 0 Å². The zero-order valence-corrected chi connectivity index (χ0v) is 20.9. The van der Waals surface area contributed by atoms with Crippen molar-refractivity contribution in [2.24, 2.45) is 5.16 Å². The minimum Gasteiger partial charge on any atom is -0.507 e. The van der Waals surface area contributed by atoms with Crippen molar-refractivity contribution < 1.29 is 15.1 Å². The van der Waals surface area contributed by atoms with Gasteiger partial charge in [-0.2, -0.15) is 0 Å². The zero-order valence-electron chi connectivity index (χ0n) is 20.9. The van der Waals surface area contributed by atoms with Gasteiger partial charge in [0.1, 0.15) is 11.5 Å². The van der Waals surface area contributed by atoms with Gasteiger partial charge in [0.05, 0.1) is 12.3 Å². The SMILES string of the molecule is CCCCCCCCCCC/C(=N/O)c1ccc(OCCCCCCCCCC)cc1O. The summed E-state index contributed by atoms with van der Waals surface area (Å²) in [5, 5.41) is 23.3. The second-order valence-electron chi connectivity index (χ2n) is 9.13.